The molecule has 1 aliphatic carbocycles. The SMILES string of the molecule is COc1ccc(Br)c(C(O)C2CCOC3(CCC3)C2)c1. The third kappa shape index (κ3) is 2.61. The highest BCUT2D eigenvalue weighted by atomic mass is 79.9. The average Bonchev–Trinajstić information content (AvgIpc) is 2.45. The minimum absolute atomic E-state index is 0.0647. The van der Waals surface area contributed by atoms with Gasteiger partial charge in [0.15, 0.2) is 0 Å². The van der Waals surface area contributed by atoms with E-state index in [0.717, 1.165) is 48.1 Å². The summed E-state index contributed by atoms with van der Waals surface area (Å²) in [5.74, 6) is 1.06. The molecule has 1 saturated carbocycles. The predicted octanol–water partition coefficient (Wildman–Crippen LogP) is 3.84. The molecular formula is C16H21BrO3. The van der Waals surface area contributed by atoms with Gasteiger partial charge in [0.25, 0.3) is 0 Å². The summed E-state index contributed by atoms with van der Waals surface area (Å²) in [6.45, 7) is 0.767. The van der Waals surface area contributed by atoms with Gasteiger partial charge >= 0.3 is 0 Å². The molecule has 0 aromatic heterocycles. The lowest BCUT2D eigenvalue weighted by Crippen LogP contribution is -2.46. The van der Waals surface area contributed by atoms with E-state index >= 15 is 0 Å². The quantitative estimate of drug-likeness (QED) is 0.908. The molecular weight excluding hydrogens is 320 g/mol. The van der Waals surface area contributed by atoms with Gasteiger partial charge in [-0.2, -0.15) is 0 Å². The summed E-state index contributed by atoms with van der Waals surface area (Å²) in [7, 11) is 1.65. The van der Waals surface area contributed by atoms with Crippen LogP contribution in [-0.2, 0) is 4.74 Å². The highest BCUT2D eigenvalue weighted by molar-refractivity contribution is 9.10. The zero-order valence-electron chi connectivity index (χ0n) is 11.8. The third-order valence-electron chi connectivity index (χ3n) is 4.76. The Labute approximate surface area is 128 Å². The van der Waals surface area contributed by atoms with Gasteiger partial charge < -0.3 is 14.6 Å². The van der Waals surface area contributed by atoms with Crippen molar-refractivity contribution in [2.75, 3.05) is 13.7 Å². The Morgan fingerprint density at radius 1 is 1.45 bits per heavy atom. The van der Waals surface area contributed by atoms with Crippen LogP contribution in [0.1, 0.15) is 43.8 Å². The molecule has 4 heteroatoms. The molecule has 3 nitrogen and oxygen atoms in total. The summed E-state index contributed by atoms with van der Waals surface area (Å²) < 4.78 is 12.2. The first kappa shape index (κ1) is 14.4. The van der Waals surface area contributed by atoms with E-state index in [1.807, 2.05) is 18.2 Å². The van der Waals surface area contributed by atoms with Gasteiger partial charge in [-0.05, 0) is 61.8 Å². The largest absolute Gasteiger partial charge is 0.497 e. The summed E-state index contributed by atoms with van der Waals surface area (Å²) in [6.07, 6.45) is 4.99. The minimum atomic E-state index is -0.458. The summed E-state index contributed by atoms with van der Waals surface area (Å²) >= 11 is 3.54. The fraction of sp³-hybridized carbons (Fsp3) is 0.625. The van der Waals surface area contributed by atoms with Crippen LogP contribution in [0.3, 0.4) is 0 Å². The second kappa shape index (κ2) is 5.66. The highest BCUT2D eigenvalue weighted by Gasteiger charge is 2.44. The first-order chi connectivity index (χ1) is 9.63. The number of rotatable bonds is 3. The summed E-state index contributed by atoms with van der Waals surface area (Å²) in [4.78, 5) is 0. The predicted molar refractivity (Wildman–Crippen MR) is 80.9 cm³/mol. The molecule has 2 atom stereocenters. The van der Waals surface area contributed by atoms with Crippen LogP contribution < -0.4 is 4.74 Å². The Kier molecular flexibility index (Phi) is 4.07. The molecule has 1 spiro atoms. The van der Waals surface area contributed by atoms with Gasteiger partial charge in [-0.25, -0.2) is 0 Å². The van der Waals surface area contributed by atoms with E-state index in [1.54, 1.807) is 7.11 Å². The average molecular weight is 341 g/mol. The van der Waals surface area contributed by atoms with Crippen LogP contribution in [0.5, 0.6) is 5.75 Å². The summed E-state index contributed by atoms with van der Waals surface area (Å²) in [5.41, 5.74) is 0.987. The van der Waals surface area contributed by atoms with Crippen molar-refractivity contribution in [3.63, 3.8) is 0 Å². The third-order valence-corrected chi connectivity index (χ3v) is 5.49. The molecule has 0 radical (unpaired) electrons. The van der Waals surface area contributed by atoms with E-state index in [4.69, 9.17) is 9.47 Å². The van der Waals surface area contributed by atoms with Crippen LogP contribution in [0.15, 0.2) is 22.7 Å². The minimum Gasteiger partial charge on any atom is -0.497 e. The molecule has 0 bridgehead atoms. The zero-order chi connectivity index (χ0) is 14.2. The van der Waals surface area contributed by atoms with Crippen molar-refractivity contribution in [3.05, 3.63) is 28.2 Å². The normalized spacial score (nSPS) is 26.1. The van der Waals surface area contributed by atoms with Crippen LogP contribution in [0, 0.1) is 5.92 Å². The van der Waals surface area contributed by atoms with Gasteiger partial charge in [0, 0.05) is 11.1 Å². The van der Waals surface area contributed by atoms with E-state index in [2.05, 4.69) is 15.9 Å². The van der Waals surface area contributed by atoms with Gasteiger partial charge in [0.2, 0.25) is 0 Å². The molecule has 20 heavy (non-hydrogen) atoms. The van der Waals surface area contributed by atoms with Crippen molar-refractivity contribution in [2.24, 2.45) is 5.92 Å². The lowest BCUT2D eigenvalue weighted by atomic mass is 9.70. The molecule has 3 rings (SSSR count). The maximum absolute atomic E-state index is 10.8. The Morgan fingerprint density at radius 2 is 2.25 bits per heavy atom. The molecule has 110 valence electrons. The van der Waals surface area contributed by atoms with Crippen molar-refractivity contribution >= 4 is 15.9 Å². The topological polar surface area (TPSA) is 38.7 Å². The molecule has 1 N–H and O–H groups in total. The number of hydrogen-bond acceptors (Lipinski definition) is 3. The molecule has 2 aliphatic rings. The van der Waals surface area contributed by atoms with Crippen molar-refractivity contribution < 1.29 is 14.6 Å². The number of aliphatic hydroxyl groups is 1. The molecule has 1 aromatic carbocycles. The number of hydrogen-bond donors (Lipinski definition) is 1. The number of ether oxygens (including phenoxy) is 2. The van der Waals surface area contributed by atoms with Crippen LogP contribution >= 0.6 is 15.9 Å². The van der Waals surface area contributed by atoms with Gasteiger partial charge in [-0.3, -0.25) is 0 Å². The number of benzene rings is 1. The Morgan fingerprint density at radius 3 is 2.90 bits per heavy atom. The van der Waals surface area contributed by atoms with E-state index in [9.17, 15) is 5.11 Å². The van der Waals surface area contributed by atoms with Crippen LogP contribution in [-0.4, -0.2) is 24.4 Å². The van der Waals surface area contributed by atoms with Gasteiger partial charge in [0.05, 0.1) is 18.8 Å². The van der Waals surface area contributed by atoms with E-state index in [1.165, 1.54) is 6.42 Å². The van der Waals surface area contributed by atoms with Crippen molar-refractivity contribution in [2.45, 2.75) is 43.8 Å². The van der Waals surface area contributed by atoms with Crippen LogP contribution in [0.2, 0.25) is 0 Å². The fourth-order valence-electron chi connectivity index (χ4n) is 3.38. The van der Waals surface area contributed by atoms with Gasteiger partial charge in [-0.1, -0.05) is 15.9 Å². The van der Waals surface area contributed by atoms with E-state index in [-0.39, 0.29) is 11.5 Å². The lowest BCUT2D eigenvalue weighted by Gasteiger charge is -2.48. The smallest absolute Gasteiger partial charge is 0.119 e. The number of aliphatic hydroxyl groups excluding tert-OH is 1. The summed E-state index contributed by atoms with van der Waals surface area (Å²) in [6, 6.07) is 5.77. The number of halogens is 1. The van der Waals surface area contributed by atoms with Gasteiger partial charge in [0.1, 0.15) is 5.75 Å². The number of methoxy groups -OCH3 is 1. The zero-order valence-corrected chi connectivity index (χ0v) is 13.4. The summed E-state index contributed by atoms with van der Waals surface area (Å²) in [5, 5.41) is 10.8. The Bertz CT molecular complexity index is 485. The van der Waals surface area contributed by atoms with Gasteiger partial charge in [-0.15, -0.1) is 0 Å². The lowest BCUT2D eigenvalue weighted by molar-refractivity contribution is -0.157. The van der Waals surface area contributed by atoms with Crippen molar-refractivity contribution in [3.8, 4) is 5.75 Å². The second-order valence-electron chi connectivity index (χ2n) is 5.97. The first-order valence-corrected chi connectivity index (χ1v) is 8.08. The maximum atomic E-state index is 10.8. The highest BCUT2D eigenvalue weighted by Crippen LogP contribution is 2.47. The molecule has 1 heterocycles. The van der Waals surface area contributed by atoms with Crippen molar-refractivity contribution in [1.82, 2.24) is 0 Å². The first-order valence-electron chi connectivity index (χ1n) is 7.29. The molecule has 0 amide bonds. The van der Waals surface area contributed by atoms with E-state index in [0.29, 0.717) is 0 Å². The maximum Gasteiger partial charge on any atom is 0.119 e. The molecule has 1 aromatic rings. The molecule has 2 fully saturated rings. The van der Waals surface area contributed by atoms with Crippen LogP contribution in [0.25, 0.3) is 0 Å². The Balaban J connectivity index is 1.79. The fourth-order valence-corrected chi connectivity index (χ4v) is 3.87. The van der Waals surface area contributed by atoms with Crippen molar-refractivity contribution in [1.29, 1.82) is 0 Å². The Hall–Kier alpha value is -0.580. The second-order valence-corrected chi connectivity index (χ2v) is 6.82. The standard InChI is InChI=1S/C16H21BrO3/c1-19-12-3-4-14(17)13(9-12)15(18)11-5-8-20-16(10-11)6-2-7-16/h3-4,9,11,15,18H,2,5-8,10H2,1H3. The molecule has 1 aliphatic heterocycles. The van der Waals surface area contributed by atoms with Crippen LogP contribution in [0.4, 0.5) is 0 Å². The monoisotopic (exact) mass is 340 g/mol. The van der Waals surface area contributed by atoms with E-state index < -0.39 is 6.10 Å². The molecule has 2 unspecified atom stereocenters. The molecule has 1 saturated heterocycles.